The first-order valence-corrected chi connectivity index (χ1v) is 12.7. The number of benzene rings is 2. The molecule has 0 unspecified atom stereocenters. The molecule has 186 valence electrons. The predicted molar refractivity (Wildman–Crippen MR) is 143 cm³/mol. The third kappa shape index (κ3) is 4.62. The standard InChI is InChI=1S/C28H29N3O4S/c1-29-18-23(20-9-10-24(34-2)25(15-20)35-3)26-22(28(29)33)16-21(36-26)17-30-11-13-31(14-12-30)27(32)19-7-5-4-6-8-19/h4-10,15-16,18H,11-14,17H2,1-3H3. The molecule has 1 fully saturated rings. The van der Waals surface area contributed by atoms with Gasteiger partial charge in [0, 0.05) is 66.7 Å². The second-order valence-corrected chi connectivity index (χ2v) is 10.1. The lowest BCUT2D eigenvalue weighted by Crippen LogP contribution is -2.48. The second-order valence-electron chi connectivity index (χ2n) is 8.92. The summed E-state index contributed by atoms with van der Waals surface area (Å²) in [6.07, 6.45) is 1.89. The number of hydrogen-bond acceptors (Lipinski definition) is 6. The van der Waals surface area contributed by atoms with Gasteiger partial charge in [-0.05, 0) is 35.9 Å². The summed E-state index contributed by atoms with van der Waals surface area (Å²) in [5, 5.41) is 0.725. The van der Waals surface area contributed by atoms with E-state index >= 15 is 0 Å². The fourth-order valence-corrected chi connectivity index (χ4v) is 5.90. The van der Waals surface area contributed by atoms with Crippen LogP contribution in [0.25, 0.3) is 21.2 Å². The van der Waals surface area contributed by atoms with E-state index in [1.807, 2.05) is 65.7 Å². The van der Waals surface area contributed by atoms with Crippen LogP contribution in [0.3, 0.4) is 0 Å². The lowest BCUT2D eigenvalue weighted by atomic mass is 10.1. The molecule has 8 heteroatoms. The van der Waals surface area contributed by atoms with Crippen LogP contribution >= 0.6 is 11.3 Å². The van der Waals surface area contributed by atoms with E-state index in [1.165, 1.54) is 0 Å². The van der Waals surface area contributed by atoms with E-state index in [2.05, 4.69) is 4.90 Å². The number of amides is 1. The Morgan fingerprint density at radius 3 is 2.36 bits per heavy atom. The highest BCUT2D eigenvalue weighted by Crippen LogP contribution is 2.37. The van der Waals surface area contributed by atoms with Gasteiger partial charge in [0.05, 0.1) is 19.6 Å². The molecular formula is C28H29N3O4S. The molecule has 0 bridgehead atoms. The minimum atomic E-state index is -0.00463. The minimum absolute atomic E-state index is 0.00463. The molecular weight excluding hydrogens is 474 g/mol. The molecule has 0 aliphatic carbocycles. The number of carbonyl (C=O) groups excluding carboxylic acids is 1. The Morgan fingerprint density at radius 2 is 1.67 bits per heavy atom. The number of ether oxygens (including phenoxy) is 2. The van der Waals surface area contributed by atoms with Crippen molar-refractivity contribution in [3.05, 3.63) is 81.6 Å². The largest absolute Gasteiger partial charge is 0.493 e. The molecule has 3 heterocycles. The monoisotopic (exact) mass is 503 g/mol. The summed E-state index contributed by atoms with van der Waals surface area (Å²) in [7, 11) is 5.02. The number of aryl methyl sites for hydroxylation is 1. The van der Waals surface area contributed by atoms with E-state index in [4.69, 9.17) is 9.47 Å². The highest BCUT2D eigenvalue weighted by molar-refractivity contribution is 7.19. The number of thiophene rings is 1. The maximum Gasteiger partial charge on any atom is 0.259 e. The zero-order chi connectivity index (χ0) is 25.2. The van der Waals surface area contributed by atoms with Crippen molar-refractivity contribution in [1.29, 1.82) is 0 Å². The number of rotatable bonds is 6. The molecule has 2 aromatic heterocycles. The molecule has 0 N–H and O–H groups in total. The lowest BCUT2D eigenvalue weighted by Gasteiger charge is -2.34. The van der Waals surface area contributed by atoms with Crippen molar-refractivity contribution < 1.29 is 14.3 Å². The Morgan fingerprint density at radius 1 is 0.944 bits per heavy atom. The molecule has 36 heavy (non-hydrogen) atoms. The van der Waals surface area contributed by atoms with Crippen LogP contribution in [0.1, 0.15) is 15.2 Å². The number of methoxy groups -OCH3 is 2. The smallest absolute Gasteiger partial charge is 0.259 e. The number of hydrogen-bond donors (Lipinski definition) is 0. The highest BCUT2D eigenvalue weighted by atomic mass is 32.1. The maximum atomic E-state index is 13.0. The van der Waals surface area contributed by atoms with Crippen LogP contribution in [-0.2, 0) is 13.6 Å². The molecule has 0 atom stereocenters. The summed E-state index contributed by atoms with van der Waals surface area (Å²) in [5.41, 5.74) is 2.68. The van der Waals surface area contributed by atoms with E-state index in [-0.39, 0.29) is 11.5 Å². The average molecular weight is 504 g/mol. The van der Waals surface area contributed by atoms with Gasteiger partial charge in [0.25, 0.3) is 11.5 Å². The van der Waals surface area contributed by atoms with Gasteiger partial charge in [-0.2, -0.15) is 0 Å². The molecule has 1 saturated heterocycles. The van der Waals surface area contributed by atoms with Gasteiger partial charge in [0.15, 0.2) is 11.5 Å². The Labute approximate surface area is 214 Å². The average Bonchev–Trinajstić information content (AvgIpc) is 3.34. The molecule has 2 aromatic carbocycles. The van der Waals surface area contributed by atoms with Gasteiger partial charge in [0.1, 0.15) is 0 Å². The van der Waals surface area contributed by atoms with E-state index in [1.54, 1.807) is 37.2 Å². The van der Waals surface area contributed by atoms with Crippen molar-refractivity contribution in [3.63, 3.8) is 0 Å². The molecule has 1 amide bonds. The molecule has 1 aliphatic heterocycles. The molecule has 5 rings (SSSR count). The molecule has 0 saturated carbocycles. The van der Waals surface area contributed by atoms with Crippen molar-refractivity contribution in [1.82, 2.24) is 14.4 Å². The van der Waals surface area contributed by atoms with Gasteiger partial charge in [-0.15, -0.1) is 11.3 Å². The summed E-state index contributed by atoms with van der Waals surface area (Å²) in [5.74, 6) is 1.40. The Bertz CT molecular complexity index is 1450. The van der Waals surface area contributed by atoms with Crippen LogP contribution in [0, 0.1) is 0 Å². The number of pyridine rings is 1. The third-order valence-corrected chi connectivity index (χ3v) is 7.81. The van der Waals surface area contributed by atoms with Crippen molar-refractivity contribution in [3.8, 4) is 22.6 Å². The van der Waals surface area contributed by atoms with E-state index in [0.29, 0.717) is 24.6 Å². The Kier molecular flexibility index (Phi) is 6.80. The lowest BCUT2D eigenvalue weighted by molar-refractivity contribution is 0.0629. The molecule has 7 nitrogen and oxygen atoms in total. The first-order chi connectivity index (χ1) is 17.5. The van der Waals surface area contributed by atoms with Crippen molar-refractivity contribution >= 4 is 27.3 Å². The number of fused-ring (bicyclic) bond motifs is 1. The number of nitrogens with zero attached hydrogens (tertiary/aromatic N) is 3. The van der Waals surface area contributed by atoms with E-state index in [0.717, 1.165) is 51.3 Å². The summed E-state index contributed by atoms with van der Waals surface area (Å²) < 4.78 is 13.5. The van der Waals surface area contributed by atoms with E-state index < -0.39 is 0 Å². The topological polar surface area (TPSA) is 64.0 Å². The quantitative estimate of drug-likeness (QED) is 0.394. The van der Waals surface area contributed by atoms with E-state index in [9.17, 15) is 9.59 Å². The Hall–Kier alpha value is -3.62. The number of piperazine rings is 1. The zero-order valence-electron chi connectivity index (χ0n) is 20.7. The second kappa shape index (κ2) is 10.2. The minimum Gasteiger partial charge on any atom is -0.493 e. The van der Waals surface area contributed by atoms with Crippen LogP contribution in [0.4, 0.5) is 0 Å². The van der Waals surface area contributed by atoms with Crippen LogP contribution in [0.2, 0.25) is 0 Å². The highest BCUT2D eigenvalue weighted by Gasteiger charge is 2.23. The van der Waals surface area contributed by atoms with Crippen LogP contribution in [-0.4, -0.2) is 60.7 Å². The summed E-state index contributed by atoms with van der Waals surface area (Å²) >= 11 is 1.66. The van der Waals surface area contributed by atoms with Gasteiger partial charge < -0.3 is 18.9 Å². The predicted octanol–water partition coefficient (Wildman–Crippen LogP) is 4.24. The van der Waals surface area contributed by atoms with Gasteiger partial charge in [-0.1, -0.05) is 24.3 Å². The fourth-order valence-electron chi connectivity index (χ4n) is 4.68. The molecule has 4 aromatic rings. The molecule has 0 spiro atoms. The molecule has 0 radical (unpaired) electrons. The number of carbonyl (C=O) groups is 1. The van der Waals surface area contributed by atoms with Gasteiger partial charge in [0.2, 0.25) is 0 Å². The zero-order valence-corrected chi connectivity index (χ0v) is 21.5. The fraction of sp³-hybridized carbons (Fsp3) is 0.286. The third-order valence-electron chi connectivity index (χ3n) is 6.66. The maximum absolute atomic E-state index is 13.0. The van der Waals surface area contributed by atoms with Gasteiger partial charge in [-0.25, -0.2) is 0 Å². The van der Waals surface area contributed by atoms with Gasteiger partial charge in [-0.3, -0.25) is 14.5 Å². The normalized spacial score (nSPS) is 14.2. The first kappa shape index (κ1) is 24.1. The first-order valence-electron chi connectivity index (χ1n) is 11.9. The SMILES string of the molecule is COc1ccc(-c2cn(C)c(=O)c3cc(CN4CCN(C(=O)c5ccccc5)CC4)sc23)cc1OC. The van der Waals surface area contributed by atoms with Crippen LogP contribution in [0.5, 0.6) is 11.5 Å². The summed E-state index contributed by atoms with van der Waals surface area (Å²) in [6.45, 7) is 3.73. The Balaban J connectivity index is 1.37. The van der Waals surface area contributed by atoms with Crippen molar-refractivity contribution in [2.75, 3.05) is 40.4 Å². The summed E-state index contributed by atoms with van der Waals surface area (Å²) in [4.78, 5) is 31.1. The van der Waals surface area contributed by atoms with Crippen LogP contribution < -0.4 is 15.0 Å². The van der Waals surface area contributed by atoms with Crippen LogP contribution in [0.15, 0.2) is 65.6 Å². The number of aromatic nitrogens is 1. The van der Waals surface area contributed by atoms with Crippen molar-refractivity contribution in [2.24, 2.45) is 7.05 Å². The summed E-state index contributed by atoms with van der Waals surface area (Å²) in [6, 6.07) is 17.3. The molecule has 1 aliphatic rings. The van der Waals surface area contributed by atoms with Crippen molar-refractivity contribution in [2.45, 2.75) is 6.54 Å². The van der Waals surface area contributed by atoms with Gasteiger partial charge >= 0.3 is 0 Å².